The number of anilines is 1. The van der Waals surface area contributed by atoms with Crippen LogP contribution in [0.3, 0.4) is 0 Å². The van der Waals surface area contributed by atoms with Crippen LogP contribution < -0.4 is 5.32 Å². The van der Waals surface area contributed by atoms with Gasteiger partial charge in [-0.2, -0.15) is 0 Å². The first-order chi connectivity index (χ1) is 8.74. The van der Waals surface area contributed by atoms with Crippen LogP contribution in [0, 0.1) is 5.92 Å². The van der Waals surface area contributed by atoms with Crippen LogP contribution in [-0.4, -0.2) is 47.6 Å². The highest BCUT2D eigenvalue weighted by Crippen LogP contribution is 2.21. The zero-order valence-corrected chi connectivity index (χ0v) is 10.6. The molecular formula is C13H19N3O2. The van der Waals surface area contributed by atoms with Crippen molar-refractivity contribution in [2.75, 3.05) is 32.1 Å². The standard InChI is InChI=1S/C13H19N3O2/c1-14-12-4-2-3-11(15-12)13(18)16-7-5-10(9-16)6-8-17/h2-4,10,17H,5-9H2,1H3,(H,14,15). The molecule has 1 aromatic heterocycles. The number of likely N-dealkylation sites (tertiary alicyclic amines) is 1. The second kappa shape index (κ2) is 5.82. The van der Waals surface area contributed by atoms with Crippen molar-refractivity contribution >= 4 is 11.7 Å². The first-order valence-electron chi connectivity index (χ1n) is 6.29. The molecule has 0 aliphatic carbocycles. The van der Waals surface area contributed by atoms with E-state index in [4.69, 9.17) is 5.11 Å². The Hall–Kier alpha value is -1.62. The van der Waals surface area contributed by atoms with E-state index in [0.717, 1.165) is 25.9 Å². The predicted molar refractivity (Wildman–Crippen MR) is 69.5 cm³/mol. The van der Waals surface area contributed by atoms with E-state index in [1.54, 1.807) is 13.1 Å². The van der Waals surface area contributed by atoms with Gasteiger partial charge in [-0.3, -0.25) is 4.79 Å². The number of aromatic nitrogens is 1. The average Bonchev–Trinajstić information content (AvgIpc) is 2.87. The molecule has 1 aliphatic rings. The van der Waals surface area contributed by atoms with Crippen molar-refractivity contribution in [1.82, 2.24) is 9.88 Å². The fraction of sp³-hybridized carbons (Fsp3) is 0.538. The number of hydrogen-bond acceptors (Lipinski definition) is 4. The Bertz CT molecular complexity index is 422. The highest BCUT2D eigenvalue weighted by Gasteiger charge is 2.27. The largest absolute Gasteiger partial charge is 0.396 e. The summed E-state index contributed by atoms with van der Waals surface area (Å²) in [4.78, 5) is 18.3. The zero-order chi connectivity index (χ0) is 13.0. The second-order valence-electron chi connectivity index (χ2n) is 4.58. The average molecular weight is 249 g/mol. The molecule has 0 bridgehead atoms. The number of hydrogen-bond donors (Lipinski definition) is 2. The summed E-state index contributed by atoms with van der Waals surface area (Å²) in [5.41, 5.74) is 0.478. The van der Waals surface area contributed by atoms with Crippen molar-refractivity contribution in [3.63, 3.8) is 0 Å². The van der Waals surface area contributed by atoms with Crippen molar-refractivity contribution in [1.29, 1.82) is 0 Å². The van der Waals surface area contributed by atoms with Crippen LogP contribution in [0.5, 0.6) is 0 Å². The van der Waals surface area contributed by atoms with Crippen LogP contribution in [0.2, 0.25) is 0 Å². The van der Waals surface area contributed by atoms with Gasteiger partial charge < -0.3 is 15.3 Å². The smallest absolute Gasteiger partial charge is 0.272 e. The van der Waals surface area contributed by atoms with E-state index in [9.17, 15) is 4.79 Å². The Morgan fingerprint density at radius 3 is 3.17 bits per heavy atom. The third kappa shape index (κ3) is 2.79. The molecule has 5 heteroatoms. The number of pyridine rings is 1. The van der Waals surface area contributed by atoms with E-state index in [1.165, 1.54) is 0 Å². The third-order valence-electron chi connectivity index (χ3n) is 3.33. The second-order valence-corrected chi connectivity index (χ2v) is 4.58. The Morgan fingerprint density at radius 1 is 1.61 bits per heavy atom. The van der Waals surface area contributed by atoms with Crippen LogP contribution in [0.25, 0.3) is 0 Å². The molecule has 2 N–H and O–H groups in total. The van der Waals surface area contributed by atoms with Crippen LogP contribution in [0.15, 0.2) is 18.2 Å². The number of nitrogens with one attached hydrogen (secondary N) is 1. The monoisotopic (exact) mass is 249 g/mol. The Labute approximate surface area is 107 Å². The van der Waals surface area contributed by atoms with Gasteiger partial charge in [0, 0.05) is 26.7 Å². The van der Waals surface area contributed by atoms with E-state index in [-0.39, 0.29) is 12.5 Å². The highest BCUT2D eigenvalue weighted by molar-refractivity contribution is 5.92. The Kier molecular flexibility index (Phi) is 4.15. The summed E-state index contributed by atoms with van der Waals surface area (Å²) in [6, 6.07) is 5.39. The topological polar surface area (TPSA) is 65.5 Å². The minimum atomic E-state index is -0.0208. The van der Waals surface area contributed by atoms with Gasteiger partial charge >= 0.3 is 0 Å². The van der Waals surface area contributed by atoms with Gasteiger partial charge in [0.05, 0.1) is 0 Å². The van der Waals surface area contributed by atoms with Gasteiger partial charge in [-0.1, -0.05) is 6.07 Å². The highest BCUT2D eigenvalue weighted by atomic mass is 16.3. The molecular weight excluding hydrogens is 230 g/mol. The lowest BCUT2D eigenvalue weighted by Gasteiger charge is -2.16. The van der Waals surface area contributed by atoms with E-state index < -0.39 is 0 Å². The molecule has 1 fully saturated rings. The lowest BCUT2D eigenvalue weighted by atomic mass is 10.1. The summed E-state index contributed by atoms with van der Waals surface area (Å²) in [6.45, 7) is 1.68. The first kappa shape index (κ1) is 12.8. The number of amides is 1. The molecule has 1 atom stereocenters. The maximum absolute atomic E-state index is 12.2. The third-order valence-corrected chi connectivity index (χ3v) is 3.33. The molecule has 1 amide bonds. The molecule has 1 aromatic rings. The van der Waals surface area contributed by atoms with Gasteiger partial charge in [0.15, 0.2) is 0 Å². The summed E-state index contributed by atoms with van der Waals surface area (Å²) in [7, 11) is 1.78. The van der Waals surface area contributed by atoms with E-state index in [0.29, 0.717) is 17.4 Å². The number of carbonyl (C=O) groups excluding carboxylic acids is 1. The molecule has 98 valence electrons. The molecule has 1 aliphatic heterocycles. The number of aliphatic hydroxyl groups excluding tert-OH is 1. The molecule has 0 aromatic carbocycles. The summed E-state index contributed by atoms with van der Waals surface area (Å²) < 4.78 is 0. The fourth-order valence-corrected chi connectivity index (χ4v) is 2.29. The SMILES string of the molecule is CNc1cccc(C(=O)N2CCC(CCO)C2)n1. The van der Waals surface area contributed by atoms with Gasteiger partial charge in [0.1, 0.15) is 11.5 Å². The zero-order valence-electron chi connectivity index (χ0n) is 10.6. The summed E-state index contributed by atoms with van der Waals surface area (Å²) in [6.07, 6.45) is 1.74. The molecule has 2 heterocycles. The molecule has 2 rings (SSSR count). The predicted octanol–water partition coefficient (Wildman–Crippen LogP) is 0.968. The quantitative estimate of drug-likeness (QED) is 0.834. The maximum atomic E-state index is 12.2. The van der Waals surface area contributed by atoms with Crippen LogP contribution in [0.4, 0.5) is 5.82 Å². The molecule has 5 nitrogen and oxygen atoms in total. The Balaban J connectivity index is 2.03. The van der Waals surface area contributed by atoms with Gasteiger partial charge in [0.25, 0.3) is 5.91 Å². The lowest BCUT2D eigenvalue weighted by molar-refractivity contribution is 0.0779. The number of carbonyl (C=O) groups is 1. The molecule has 0 radical (unpaired) electrons. The number of aliphatic hydroxyl groups is 1. The summed E-state index contributed by atoms with van der Waals surface area (Å²) in [5.74, 6) is 1.10. The summed E-state index contributed by atoms with van der Waals surface area (Å²) >= 11 is 0. The summed E-state index contributed by atoms with van der Waals surface area (Å²) in [5, 5.41) is 11.8. The molecule has 0 spiro atoms. The molecule has 18 heavy (non-hydrogen) atoms. The van der Waals surface area contributed by atoms with Crippen molar-refractivity contribution in [2.45, 2.75) is 12.8 Å². The van der Waals surface area contributed by atoms with Crippen LogP contribution in [0.1, 0.15) is 23.3 Å². The van der Waals surface area contributed by atoms with Crippen LogP contribution in [-0.2, 0) is 0 Å². The van der Waals surface area contributed by atoms with Crippen molar-refractivity contribution in [3.05, 3.63) is 23.9 Å². The number of rotatable bonds is 4. The Morgan fingerprint density at radius 2 is 2.44 bits per heavy atom. The fourth-order valence-electron chi connectivity index (χ4n) is 2.29. The normalized spacial score (nSPS) is 19.0. The van der Waals surface area contributed by atoms with Crippen LogP contribution >= 0.6 is 0 Å². The molecule has 0 saturated carbocycles. The van der Waals surface area contributed by atoms with Gasteiger partial charge in [0.2, 0.25) is 0 Å². The minimum Gasteiger partial charge on any atom is -0.396 e. The van der Waals surface area contributed by atoms with E-state index in [2.05, 4.69) is 10.3 Å². The van der Waals surface area contributed by atoms with E-state index >= 15 is 0 Å². The van der Waals surface area contributed by atoms with Crippen molar-refractivity contribution < 1.29 is 9.90 Å². The molecule has 1 unspecified atom stereocenters. The molecule has 1 saturated heterocycles. The van der Waals surface area contributed by atoms with Crippen molar-refractivity contribution in [3.8, 4) is 0 Å². The van der Waals surface area contributed by atoms with Gasteiger partial charge in [-0.05, 0) is 30.9 Å². The maximum Gasteiger partial charge on any atom is 0.272 e. The van der Waals surface area contributed by atoms with Crippen molar-refractivity contribution in [2.24, 2.45) is 5.92 Å². The number of nitrogens with zero attached hydrogens (tertiary/aromatic N) is 2. The van der Waals surface area contributed by atoms with E-state index in [1.807, 2.05) is 17.0 Å². The lowest BCUT2D eigenvalue weighted by Crippen LogP contribution is -2.29. The van der Waals surface area contributed by atoms with Gasteiger partial charge in [-0.25, -0.2) is 4.98 Å². The van der Waals surface area contributed by atoms with Gasteiger partial charge in [-0.15, -0.1) is 0 Å². The first-order valence-corrected chi connectivity index (χ1v) is 6.29. The minimum absolute atomic E-state index is 0.0208.